The maximum absolute atomic E-state index is 12.9. The van der Waals surface area contributed by atoms with Gasteiger partial charge in [-0.1, -0.05) is 6.92 Å². The number of rotatable bonds is 2. The van der Waals surface area contributed by atoms with Crippen LogP contribution in [0, 0.1) is 11.2 Å². The Morgan fingerprint density at radius 2 is 2.25 bits per heavy atom. The molecule has 0 aliphatic heterocycles. The van der Waals surface area contributed by atoms with Gasteiger partial charge < -0.3 is 11.1 Å². The van der Waals surface area contributed by atoms with Gasteiger partial charge in [-0.3, -0.25) is 10.7 Å². The highest BCUT2D eigenvalue weighted by Gasteiger charge is 2.06. The molecule has 0 heterocycles. The minimum Gasteiger partial charge on any atom is -0.370 e. The molecule has 1 rings (SSSR count). The number of carbonyl (C=O) groups is 1. The van der Waals surface area contributed by atoms with Crippen LogP contribution in [0.5, 0.6) is 0 Å². The van der Waals surface area contributed by atoms with Crippen molar-refractivity contribution < 1.29 is 9.18 Å². The summed E-state index contributed by atoms with van der Waals surface area (Å²) in [7, 11) is 0. The molecule has 0 aliphatic carbocycles. The molecule has 0 aliphatic rings. The molecule has 6 heteroatoms. The van der Waals surface area contributed by atoms with E-state index in [4.69, 9.17) is 11.1 Å². The van der Waals surface area contributed by atoms with Gasteiger partial charge in [0.1, 0.15) is 5.82 Å². The van der Waals surface area contributed by atoms with Gasteiger partial charge in [0.25, 0.3) is 0 Å². The van der Waals surface area contributed by atoms with Gasteiger partial charge in [0, 0.05) is 5.69 Å². The van der Waals surface area contributed by atoms with Crippen LogP contribution in [0.15, 0.2) is 18.2 Å². The van der Waals surface area contributed by atoms with Crippen molar-refractivity contribution in [1.82, 2.24) is 5.32 Å². The number of halogens is 1. The zero-order chi connectivity index (χ0) is 12.1. The Bertz CT molecular complexity index is 419. The van der Waals surface area contributed by atoms with Crippen LogP contribution < -0.4 is 16.4 Å². The van der Waals surface area contributed by atoms with E-state index < -0.39 is 12.0 Å². The molecule has 0 aromatic heterocycles. The first-order valence-corrected chi connectivity index (χ1v) is 4.73. The van der Waals surface area contributed by atoms with Gasteiger partial charge in [-0.05, 0) is 30.2 Å². The number of benzene rings is 1. The summed E-state index contributed by atoms with van der Waals surface area (Å²) in [6.07, 6.45) is 0.591. The minimum absolute atomic E-state index is 0.352. The van der Waals surface area contributed by atoms with Crippen LogP contribution in [0.4, 0.5) is 14.9 Å². The third-order valence-electron chi connectivity index (χ3n) is 1.94. The molecule has 0 saturated heterocycles. The summed E-state index contributed by atoms with van der Waals surface area (Å²) < 4.78 is 12.9. The summed E-state index contributed by atoms with van der Waals surface area (Å²) in [5, 5.41) is 11.4. The van der Waals surface area contributed by atoms with Crippen molar-refractivity contribution in [3.05, 3.63) is 29.6 Å². The second-order valence-electron chi connectivity index (χ2n) is 3.15. The van der Waals surface area contributed by atoms with E-state index in [1.54, 1.807) is 0 Å². The SMILES string of the molecule is CCc1cc(F)ccc1NC(=O)NC(=N)N. The van der Waals surface area contributed by atoms with E-state index in [0.29, 0.717) is 17.7 Å². The van der Waals surface area contributed by atoms with E-state index >= 15 is 0 Å². The van der Waals surface area contributed by atoms with Gasteiger partial charge in [0.2, 0.25) is 0 Å². The van der Waals surface area contributed by atoms with E-state index in [1.807, 2.05) is 6.92 Å². The fourth-order valence-electron chi connectivity index (χ4n) is 1.25. The average molecular weight is 224 g/mol. The fraction of sp³-hybridized carbons (Fsp3) is 0.200. The molecule has 0 saturated carbocycles. The first-order chi connectivity index (χ1) is 7.52. The van der Waals surface area contributed by atoms with Gasteiger partial charge in [0.05, 0.1) is 0 Å². The Balaban J connectivity index is 2.80. The van der Waals surface area contributed by atoms with Crippen LogP contribution in [0.1, 0.15) is 12.5 Å². The number of hydrogen-bond donors (Lipinski definition) is 4. The van der Waals surface area contributed by atoms with Crippen LogP contribution in [0.3, 0.4) is 0 Å². The van der Waals surface area contributed by atoms with Crippen LogP contribution in [0.2, 0.25) is 0 Å². The van der Waals surface area contributed by atoms with Crippen molar-refractivity contribution in [1.29, 1.82) is 5.41 Å². The maximum Gasteiger partial charge on any atom is 0.325 e. The van der Waals surface area contributed by atoms with Gasteiger partial charge in [0.15, 0.2) is 5.96 Å². The Hall–Kier alpha value is -2.11. The van der Waals surface area contributed by atoms with Crippen molar-refractivity contribution in [3.63, 3.8) is 0 Å². The lowest BCUT2D eigenvalue weighted by Crippen LogP contribution is -2.38. The molecule has 1 aromatic rings. The highest BCUT2D eigenvalue weighted by molar-refractivity contribution is 6.01. The molecule has 0 fully saturated rings. The second-order valence-corrected chi connectivity index (χ2v) is 3.15. The van der Waals surface area contributed by atoms with Crippen molar-refractivity contribution in [3.8, 4) is 0 Å². The highest BCUT2D eigenvalue weighted by Crippen LogP contribution is 2.17. The quantitative estimate of drug-likeness (QED) is 0.451. The van der Waals surface area contributed by atoms with Crippen LogP contribution in [0.25, 0.3) is 0 Å². The molecule has 16 heavy (non-hydrogen) atoms. The van der Waals surface area contributed by atoms with E-state index in [2.05, 4.69) is 10.6 Å². The summed E-state index contributed by atoms with van der Waals surface area (Å²) in [5.41, 5.74) is 6.17. The molecule has 0 atom stereocenters. The monoisotopic (exact) mass is 224 g/mol. The molecule has 1 aromatic carbocycles. The van der Waals surface area contributed by atoms with Crippen molar-refractivity contribution in [2.75, 3.05) is 5.32 Å². The summed E-state index contributed by atoms with van der Waals surface area (Å²) >= 11 is 0. The first kappa shape index (κ1) is 12.0. The molecule has 5 nitrogen and oxygen atoms in total. The van der Waals surface area contributed by atoms with Crippen LogP contribution in [-0.4, -0.2) is 12.0 Å². The highest BCUT2D eigenvalue weighted by atomic mass is 19.1. The molecule has 0 radical (unpaired) electrons. The minimum atomic E-state index is -0.617. The number of nitrogens with one attached hydrogen (secondary N) is 3. The summed E-state index contributed by atoms with van der Waals surface area (Å²) in [6, 6.07) is 3.45. The molecule has 5 N–H and O–H groups in total. The number of aryl methyl sites for hydroxylation is 1. The van der Waals surface area contributed by atoms with E-state index in [9.17, 15) is 9.18 Å². The van der Waals surface area contributed by atoms with Crippen molar-refractivity contribution in [2.24, 2.45) is 5.73 Å². The summed E-state index contributed by atoms with van der Waals surface area (Å²) in [5.74, 6) is -0.799. The Kier molecular flexibility index (Phi) is 3.82. The molecule has 2 amide bonds. The third kappa shape index (κ3) is 3.23. The number of guanidine groups is 1. The normalized spacial score (nSPS) is 9.62. The van der Waals surface area contributed by atoms with Gasteiger partial charge in [-0.2, -0.15) is 0 Å². The second kappa shape index (κ2) is 5.11. The molecule has 86 valence electrons. The molecular weight excluding hydrogens is 211 g/mol. The number of urea groups is 1. The fourth-order valence-corrected chi connectivity index (χ4v) is 1.25. The Labute approximate surface area is 92.3 Å². The number of anilines is 1. The van der Waals surface area contributed by atoms with Gasteiger partial charge >= 0.3 is 6.03 Å². The van der Waals surface area contributed by atoms with Crippen LogP contribution >= 0.6 is 0 Å². The molecule has 0 spiro atoms. The zero-order valence-electron chi connectivity index (χ0n) is 8.80. The number of amides is 2. The number of carbonyl (C=O) groups excluding carboxylic acids is 1. The molecular formula is C10H13FN4O. The maximum atomic E-state index is 12.9. The predicted octanol–water partition coefficient (Wildman–Crippen LogP) is 1.40. The predicted molar refractivity (Wildman–Crippen MR) is 59.8 cm³/mol. The van der Waals surface area contributed by atoms with Crippen molar-refractivity contribution >= 4 is 17.7 Å². The van der Waals surface area contributed by atoms with E-state index in [1.165, 1.54) is 18.2 Å². The Morgan fingerprint density at radius 1 is 1.56 bits per heavy atom. The molecule has 0 unspecified atom stereocenters. The molecule has 0 bridgehead atoms. The van der Waals surface area contributed by atoms with Crippen LogP contribution in [-0.2, 0) is 6.42 Å². The lowest BCUT2D eigenvalue weighted by Gasteiger charge is -2.10. The smallest absolute Gasteiger partial charge is 0.325 e. The third-order valence-corrected chi connectivity index (χ3v) is 1.94. The topological polar surface area (TPSA) is 91.0 Å². The zero-order valence-corrected chi connectivity index (χ0v) is 8.80. The summed E-state index contributed by atoms with van der Waals surface area (Å²) in [4.78, 5) is 11.2. The largest absolute Gasteiger partial charge is 0.370 e. The van der Waals surface area contributed by atoms with E-state index in [-0.39, 0.29) is 5.82 Å². The lowest BCUT2D eigenvalue weighted by molar-refractivity contribution is 0.256. The van der Waals surface area contributed by atoms with Crippen molar-refractivity contribution in [2.45, 2.75) is 13.3 Å². The Morgan fingerprint density at radius 3 is 2.81 bits per heavy atom. The number of hydrogen-bond acceptors (Lipinski definition) is 2. The van der Waals surface area contributed by atoms with E-state index in [0.717, 1.165) is 0 Å². The standard InChI is InChI=1S/C10H13FN4O/c1-2-6-5-7(11)3-4-8(6)14-10(16)15-9(12)13/h3-5H,2H2,1H3,(H5,12,13,14,15,16). The average Bonchev–Trinajstić information content (AvgIpc) is 2.19. The van der Waals surface area contributed by atoms with Gasteiger partial charge in [-0.25, -0.2) is 9.18 Å². The van der Waals surface area contributed by atoms with Gasteiger partial charge in [-0.15, -0.1) is 0 Å². The lowest BCUT2D eigenvalue weighted by atomic mass is 10.1. The first-order valence-electron chi connectivity index (χ1n) is 4.73. The summed E-state index contributed by atoms with van der Waals surface area (Å²) in [6.45, 7) is 1.85. The number of nitrogens with two attached hydrogens (primary N) is 1.